The zero-order valence-corrected chi connectivity index (χ0v) is 11.8. The number of hydrogen-bond acceptors (Lipinski definition) is 2. The van der Waals surface area contributed by atoms with Gasteiger partial charge in [-0.15, -0.1) is 0 Å². The minimum Gasteiger partial charge on any atom is -0.292 e. The summed E-state index contributed by atoms with van der Waals surface area (Å²) in [6, 6.07) is 18.4. The van der Waals surface area contributed by atoms with Crippen molar-refractivity contribution in [1.29, 1.82) is 5.26 Å². The standard InChI is InChI=1S/C17H15ClN2/c18-15-6-7-16-14(10-15)8-9-17(16,12-19)20-11-13-4-2-1-3-5-13/h1-7,10,20H,8-9,11H2. The van der Waals surface area contributed by atoms with E-state index < -0.39 is 5.54 Å². The number of nitrogens with zero attached hydrogens (tertiary/aromatic N) is 1. The molecule has 3 heteroatoms. The molecule has 0 spiro atoms. The van der Waals surface area contributed by atoms with Gasteiger partial charge in [-0.05, 0) is 41.7 Å². The molecule has 2 aromatic rings. The maximum atomic E-state index is 9.67. The Balaban J connectivity index is 1.86. The van der Waals surface area contributed by atoms with Crippen LogP contribution in [0.5, 0.6) is 0 Å². The predicted octanol–water partition coefficient (Wildman–Crippen LogP) is 3.79. The summed E-state index contributed by atoms with van der Waals surface area (Å²) in [6.45, 7) is 0.691. The number of fused-ring (bicyclic) bond motifs is 1. The van der Waals surface area contributed by atoms with E-state index in [1.54, 1.807) is 0 Å². The summed E-state index contributed by atoms with van der Waals surface area (Å²) in [4.78, 5) is 0. The molecule has 0 aromatic heterocycles. The lowest BCUT2D eigenvalue weighted by Gasteiger charge is -2.24. The second-order valence-electron chi connectivity index (χ2n) is 5.16. The molecule has 0 heterocycles. The zero-order valence-electron chi connectivity index (χ0n) is 11.1. The van der Waals surface area contributed by atoms with E-state index in [0.29, 0.717) is 6.54 Å². The lowest BCUT2D eigenvalue weighted by atomic mass is 9.93. The predicted molar refractivity (Wildman–Crippen MR) is 80.3 cm³/mol. The first-order valence-electron chi connectivity index (χ1n) is 6.73. The van der Waals surface area contributed by atoms with Crippen molar-refractivity contribution >= 4 is 11.6 Å². The van der Waals surface area contributed by atoms with Gasteiger partial charge >= 0.3 is 0 Å². The van der Waals surface area contributed by atoms with Gasteiger partial charge in [-0.2, -0.15) is 5.26 Å². The fraction of sp³-hybridized carbons (Fsp3) is 0.235. The fourth-order valence-electron chi connectivity index (χ4n) is 2.83. The smallest absolute Gasteiger partial charge is 0.133 e. The molecule has 20 heavy (non-hydrogen) atoms. The summed E-state index contributed by atoms with van der Waals surface area (Å²) in [5.41, 5.74) is 2.85. The zero-order chi connectivity index (χ0) is 14.0. The molecule has 1 aliphatic rings. The highest BCUT2D eigenvalue weighted by Crippen LogP contribution is 2.37. The summed E-state index contributed by atoms with van der Waals surface area (Å²) in [5, 5.41) is 13.8. The van der Waals surface area contributed by atoms with Gasteiger partial charge in [0.25, 0.3) is 0 Å². The first-order valence-corrected chi connectivity index (χ1v) is 7.10. The number of nitrogens with one attached hydrogen (secondary N) is 1. The third-order valence-corrected chi connectivity index (χ3v) is 4.16. The first-order chi connectivity index (χ1) is 9.73. The van der Waals surface area contributed by atoms with Crippen LogP contribution in [-0.4, -0.2) is 0 Å². The van der Waals surface area contributed by atoms with Crippen LogP contribution in [-0.2, 0) is 18.5 Å². The Morgan fingerprint density at radius 1 is 1.20 bits per heavy atom. The van der Waals surface area contributed by atoms with Crippen LogP contribution in [0.1, 0.15) is 23.1 Å². The van der Waals surface area contributed by atoms with Gasteiger partial charge in [0.2, 0.25) is 0 Å². The largest absolute Gasteiger partial charge is 0.292 e. The summed E-state index contributed by atoms with van der Waals surface area (Å²) in [7, 11) is 0. The molecule has 1 aliphatic carbocycles. The van der Waals surface area contributed by atoms with E-state index in [0.717, 1.165) is 23.4 Å². The van der Waals surface area contributed by atoms with Crippen LogP contribution in [0.15, 0.2) is 48.5 Å². The Morgan fingerprint density at radius 3 is 2.75 bits per heavy atom. The minimum atomic E-state index is -0.588. The molecule has 0 saturated heterocycles. The Hall–Kier alpha value is -1.82. The van der Waals surface area contributed by atoms with Gasteiger partial charge in [-0.1, -0.05) is 48.0 Å². The SMILES string of the molecule is N#CC1(NCc2ccccc2)CCc2cc(Cl)ccc21. The molecular weight excluding hydrogens is 268 g/mol. The third kappa shape index (κ3) is 2.31. The van der Waals surface area contributed by atoms with Crippen LogP contribution in [0, 0.1) is 11.3 Å². The number of aryl methyl sites for hydroxylation is 1. The van der Waals surface area contributed by atoms with E-state index in [1.165, 1.54) is 11.1 Å². The Kier molecular flexibility index (Phi) is 3.48. The quantitative estimate of drug-likeness (QED) is 0.929. The highest BCUT2D eigenvalue weighted by Gasteiger charge is 2.38. The molecule has 3 rings (SSSR count). The van der Waals surface area contributed by atoms with E-state index in [2.05, 4.69) is 23.5 Å². The van der Waals surface area contributed by atoms with E-state index in [9.17, 15) is 5.26 Å². The molecule has 1 atom stereocenters. The van der Waals surface area contributed by atoms with E-state index in [1.807, 2.05) is 36.4 Å². The Labute approximate surface area is 124 Å². The summed E-state index contributed by atoms with van der Waals surface area (Å²) in [6.07, 6.45) is 1.69. The molecule has 0 bridgehead atoms. The molecule has 0 radical (unpaired) electrons. The lowest BCUT2D eigenvalue weighted by Crippen LogP contribution is -2.38. The van der Waals surface area contributed by atoms with Crippen LogP contribution >= 0.6 is 11.6 Å². The molecule has 2 nitrogen and oxygen atoms in total. The highest BCUT2D eigenvalue weighted by molar-refractivity contribution is 6.30. The first kappa shape index (κ1) is 13.2. The number of nitriles is 1. The highest BCUT2D eigenvalue weighted by atomic mass is 35.5. The third-order valence-electron chi connectivity index (χ3n) is 3.92. The molecule has 2 aromatic carbocycles. The molecule has 0 aliphatic heterocycles. The van der Waals surface area contributed by atoms with Crippen LogP contribution in [0.2, 0.25) is 5.02 Å². The van der Waals surface area contributed by atoms with Crippen molar-refractivity contribution in [3.05, 3.63) is 70.2 Å². The topological polar surface area (TPSA) is 35.8 Å². The fourth-order valence-corrected chi connectivity index (χ4v) is 3.03. The van der Waals surface area contributed by atoms with Crippen molar-refractivity contribution in [3.63, 3.8) is 0 Å². The monoisotopic (exact) mass is 282 g/mol. The van der Waals surface area contributed by atoms with Crippen molar-refractivity contribution < 1.29 is 0 Å². The maximum Gasteiger partial charge on any atom is 0.133 e. The number of benzene rings is 2. The average molecular weight is 283 g/mol. The molecular formula is C17H15ClN2. The van der Waals surface area contributed by atoms with Crippen LogP contribution in [0.25, 0.3) is 0 Å². The van der Waals surface area contributed by atoms with E-state index in [4.69, 9.17) is 11.6 Å². The molecule has 0 fully saturated rings. The summed E-state index contributed by atoms with van der Waals surface area (Å²) >= 11 is 6.03. The van der Waals surface area contributed by atoms with Gasteiger partial charge in [0, 0.05) is 11.6 Å². The van der Waals surface area contributed by atoms with Crippen molar-refractivity contribution in [2.75, 3.05) is 0 Å². The van der Waals surface area contributed by atoms with Gasteiger partial charge in [0.15, 0.2) is 0 Å². The Bertz CT molecular complexity index is 660. The van der Waals surface area contributed by atoms with Crippen molar-refractivity contribution in [3.8, 4) is 6.07 Å². The molecule has 1 N–H and O–H groups in total. The normalized spacial score (nSPS) is 20.4. The van der Waals surface area contributed by atoms with Gasteiger partial charge in [-0.25, -0.2) is 0 Å². The molecule has 1 unspecified atom stereocenters. The number of hydrogen-bond donors (Lipinski definition) is 1. The Morgan fingerprint density at radius 2 is 2.00 bits per heavy atom. The van der Waals surface area contributed by atoms with Gasteiger partial charge < -0.3 is 0 Å². The second kappa shape index (κ2) is 5.28. The maximum absolute atomic E-state index is 9.67. The minimum absolute atomic E-state index is 0.588. The van der Waals surface area contributed by atoms with E-state index in [-0.39, 0.29) is 0 Å². The van der Waals surface area contributed by atoms with E-state index >= 15 is 0 Å². The summed E-state index contributed by atoms with van der Waals surface area (Å²) < 4.78 is 0. The number of rotatable bonds is 3. The van der Waals surface area contributed by atoms with Crippen LogP contribution < -0.4 is 5.32 Å². The van der Waals surface area contributed by atoms with Crippen molar-refractivity contribution in [2.45, 2.75) is 24.9 Å². The molecule has 0 amide bonds. The number of halogens is 1. The second-order valence-corrected chi connectivity index (χ2v) is 5.59. The van der Waals surface area contributed by atoms with Crippen LogP contribution in [0.3, 0.4) is 0 Å². The average Bonchev–Trinajstić information content (AvgIpc) is 2.85. The lowest BCUT2D eigenvalue weighted by molar-refractivity contribution is 0.423. The van der Waals surface area contributed by atoms with Crippen molar-refractivity contribution in [1.82, 2.24) is 5.32 Å². The molecule has 0 saturated carbocycles. The van der Waals surface area contributed by atoms with Gasteiger partial charge in [0.05, 0.1) is 6.07 Å². The van der Waals surface area contributed by atoms with Gasteiger partial charge in [0.1, 0.15) is 5.54 Å². The summed E-state index contributed by atoms with van der Waals surface area (Å²) in [5.74, 6) is 0. The van der Waals surface area contributed by atoms with Crippen molar-refractivity contribution in [2.24, 2.45) is 0 Å². The van der Waals surface area contributed by atoms with Crippen LogP contribution in [0.4, 0.5) is 0 Å². The van der Waals surface area contributed by atoms with Gasteiger partial charge in [-0.3, -0.25) is 5.32 Å². The molecule has 100 valence electrons.